The predicted molar refractivity (Wildman–Crippen MR) is 61.0 cm³/mol. The van der Waals surface area contributed by atoms with Crippen LogP contribution in [0.2, 0.25) is 0 Å². The number of hydrogen-bond acceptors (Lipinski definition) is 4. The fourth-order valence-corrected chi connectivity index (χ4v) is 1.46. The van der Waals surface area contributed by atoms with Crippen LogP contribution in [-0.4, -0.2) is 22.7 Å². The SMILES string of the molecule is C[C@@H](CO)Nc1cc(Br)ccc1[N+](=O)[O-]. The van der Waals surface area contributed by atoms with Gasteiger partial charge >= 0.3 is 0 Å². The van der Waals surface area contributed by atoms with Gasteiger partial charge in [-0.05, 0) is 19.1 Å². The number of nitro groups is 1. The quantitative estimate of drug-likeness (QED) is 0.652. The maximum atomic E-state index is 10.7. The molecule has 0 aliphatic carbocycles. The number of nitrogens with zero attached hydrogens (tertiary/aromatic N) is 1. The number of aliphatic hydroxyl groups is 1. The summed E-state index contributed by atoms with van der Waals surface area (Å²) < 4.78 is 0.751. The second-order valence-corrected chi connectivity index (χ2v) is 4.06. The van der Waals surface area contributed by atoms with Crippen LogP contribution in [0.1, 0.15) is 6.92 Å². The highest BCUT2D eigenvalue weighted by atomic mass is 79.9. The van der Waals surface area contributed by atoms with Crippen molar-refractivity contribution in [2.45, 2.75) is 13.0 Å². The van der Waals surface area contributed by atoms with Crippen LogP contribution in [0.4, 0.5) is 11.4 Å². The van der Waals surface area contributed by atoms with Gasteiger partial charge in [0.15, 0.2) is 0 Å². The second kappa shape index (κ2) is 5.09. The first-order chi connectivity index (χ1) is 7.04. The van der Waals surface area contributed by atoms with Gasteiger partial charge in [0, 0.05) is 16.6 Å². The van der Waals surface area contributed by atoms with Gasteiger partial charge in [-0.2, -0.15) is 0 Å². The van der Waals surface area contributed by atoms with Crippen LogP contribution >= 0.6 is 15.9 Å². The van der Waals surface area contributed by atoms with Gasteiger partial charge in [0.2, 0.25) is 0 Å². The van der Waals surface area contributed by atoms with E-state index in [0.717, 1.165) is 4.47 Å². The lowest BCUT2D eigenvalue weighted by Crippen LogP contribution is -2.19. The zero-order chi connectivity index (χ0) is 11.4. The van der Waals surface area contributed by atoms with Gasteiger partial charge in [0.25, 0.3) is 5.69 Å². The number of aliphatic hydroxyl groups excluding tert-OH is 1. The smallest absolute Gasteiger partial charge is 0.292 e. The third-order valence-electron chi connectivity index (χ3n) is 1.83. The molecule has 0 aliphatic rings. The molecular formula is C9H11BrN2O3. The first-order valence-electron chi connectivity index (χ1n) is 4.36. The molecule has 0 amide bonds. The molecule has 0 spiro atoms. The van der Waals surface area contributed by atoms with E-state index >= 15 is 0 Å². The summed E-state index contributed by atoms with van der Waals surface area (Å²) in [7, 11) is 0. The van der Waals surface area contributed by atoms with E-state index in [1.54, 1.807) is 19.1 Å². The molecule has 2 N–H and O–H groups in total. The van der Waals surface area contributed by atoms with E-state index in [1.165, 1.54) is 6.07 Å². The summed E-state index contributed by atoms with van der Waals surface area (Å²) in [6.45, 7) is 1.66. The molecule has 0 saturated heterocycles. The summed E-state index contributed by atoms with van der Waals surface area (Å²) in [6, 6.07) is 4.41. The molecule has 0 heterocycles. The summed E-state index contributed by atoms with van der Waals surface area (Å²) in [6.07, 6.45) is 0. The molecule has 1 aromatic rings. The number of hydrogen-bond donors (Lipinski definition) is 2. The minimum atomic E-state index is -0.459. The number of nitrogens with one attached hydrogen (secondary N) is 1. The van der Waals surface area contributed by atoms with Crippen molar-refractivity contribution in [3.63, 3.8) is 0 Å². The fraction of sp³-hybridized carbons (Fsp3) is 0.333. The number of rotatable bonds is 4. The molecule has 0 unspecified atom stereocenters. The van der Waals surface area contributed by atoms with Crippen molar-refractivity contribution >= 4 is 27.3 Å². The molecule has 82 valence electrons. The Bertz CT molecular complexity index is 370. The fourth-order valence-electron chi connectivity index (χ4n) is 1.09. The molecule has 1 rings (SSSR count). The minimum Gasteiger partial charge on any atom is -0.394 e. The summed E-state index contributed by atoms with van der Waals surface area (Å²) in [5.74, 6) is 0. The van der Waals surface area contributed by atoms with Crippen LogP contribution in [0, 0.1) is 10.1 Å². The second-order valence-electron chi connectivity index (χ2n) is 3.15. The molecule has 0 saturated carbocycles. The van der Waals surface area contributed by atoms with E-state index in [0.29, 0.717) is 5.69 Å². The third-order valence-corrected chi connectivity index (χ3v) is 2.32. The predicted octanol–water partition coefficient (Wildman–Crippen LogP) is 2.15. The molecule has 6 heteroatoms. The summed E-state index contributed by atoms with van der Waals surface area (Å²) >= 11 is 3.23. The molecular weight excluding hydrogens is 264 g/mol. The van der Waals surface area contributed by atoms with Crippen LogP contribution < -0.4 is 5.32 Å². The van der Waals surface area contributed by atoms with Crippen molar-refractivity contribution < 1.29 is 10.0 Å². The minimum absolute atomic E-state index is 0.00139. The third kappa shape index (κ3) is 3.17. The average Bonchev–Trinajstić information content (AvgIpc) is 2.17. The van der Waals surface area contributed by atoms with E-state index in [2.05, 4.69) is 21.2 Å². The summed E-state index contributed by atoms with van der Waals surface area (Å²) in [5, 5.41) is 22.4. The lowest BCUT2D eigenvalue weighted by atomic mass is 10.2. The van der Waals surface area contributed by atoms with Crippen molar-refractivity contribution in [2.75, 3.05) is 11.9 Å². The van der Waals surface area contributed by atoms with Crippen molar-refractivity contribution in [3.05, 3.63) is 32.8 Å². The van der Waals surface area contributed by atoms with Crippen LogP contribution in [0.25, 0.3) is 0 Å². The van der Waals surface area contributed by atoms with Crippen molar-refractivity contribution in [2.24, 2.45) is 0 Å². The zero-order valence-corrected chi connectivity index (χ0v) is 9.69. The zero-order valence-electron chi connectivity index (χ0n) is 8.11. The highest BCUT2D eigenvalue weighted by Crippen LogP contribution is 2.28. The largest absolute Gasteiger partial charge is 0.394 e. The number of benzene rings is 1. The molecule has 0 fully saturated rings. The van der Waals surface area contributed by atoms with Gasteiger partial charge in [0.05, 0.1) is 11.5 Å². The Morgan fingerprint density at radius 1 is 1.67 bits per heavy atom. The van der Waals surface area contributed by atoms with Crippen LogP contribution in [-0.2, 0) is 0 Å². The number of halogens is 1. The molecule has 0 radical (unpaired) electrons. The lowest BCUT2D eigenvalue weighted by molar-refractivity contribution is -0.384. The van der Waals surface area contributed by atoms with Crippen LogP contribution in [0.5, 0.6) is 0 Å². The van der Waals surface area contributed by atoms with E-state index in [9.17, 15) is 10.1 Å². The normalized spacial score (nSPS) is 12.2. The Morgan fingerprint density at radius 3 is 2.87 bits per heavy atom. The molecule has 5 nitrogen and oxygen atoms in total. The maximum Gasteiger partial charge on any atom is 0.292 e. The molecule has 15 heavy (non-hydrogen) atoms. The van der Waals surface area contributed by atoms with Gasteiger partial charge in [-0.25, -0.2) is 0 Å². The van der Waals surface area contributed by atoms with E-state index in [4.69, 9.17) is 5.11 Å². The molecule has 0 aliphatic heterocycles. The number of nitro benzene ring substituents is 1. The Hall–Kier alpha value is -1.14. The topological polar surface area (TPSA) is 75.4 Å². The standard InChI is InChI=1S/C9H11BrN2O3/c1-6(5-13)11-8-4-7(10)2-3-9(8)12(14)15/h2-4,6,11,13H,5H2,1H3/t6-/m0/s1. The highest BCUT2D eigenvalue weighted by Gasteiger charge is 2.14. The lowest BCUT2D eigenvalue weighted by Gasteiger charge is -2.12. The molecule has 0 aromatic heterocycles. The first-order valence-corrected chi connectivity index (χ1v) is 5.15. The van der Waals surface area contributed by atoms with E-state index in [-0.39, 0.29) is 18.3 Å². The maximum absolute atomic E-state index is 10.7. The Kier molecular flexibility index (Phi) is 4.05. The average molecular weight is 275 g/mol. The Labute approximate surface area is 95.4 Å². The van der Waals surface area contributed by atoms with Crippen LogP contribution in [0.3, 0.4) is 0 Å². The summed E-state index contributed by atoms with van der Waals surface area (Å²) in [4.78, 5) is 10.2. The van der Waals surface area contributed by atoms with Crippen molar-refractivity contribution in [1.82, 2.24) is 0 Å². The van der Waals surface area contributed by atoms with Crippen LogP contribution in [0.15, 0.2) is 22.7 Å². The van der Waals surface area contributed by atoms with Gasteiger partial charge in [-0.15, -0.1) is 0 Å². The van der Waals surface area contributed by atoms with Gasteiger partial charge in [-0.1, -0.05) is 15.9 Å². The Balaban J connectivity index is 3.02. The van der Waals surface area contributed by atoms with Gasteiger partial charge in [0.1, 0.15) is 5.69 Å². The first kappa shape index (κ1) is 11.9. The van der Waals surface area contributed by atoms with E-state index in [1.807, 2.05) is 0 Å². The Morgan fingerprint density at radius 2 is 2.33 bits per heavy atom. The van der Waals surface area contributed by atoms with E-state index < -0.39 is 4.92 Å². The van der Waals surface area contributed by atoms with Crippen molar-refractivity contribution in [1.29, 1.82) is 0 Å². The highest BCUT2D eigenvalue weighted by molar-refractivity contribution is 9.10. The summed E-state index contributed by atoms with van der Waals surface area (Å²) in [5.41, 5.74) is 0.398. The molecule has 1 atom stereocenters. The number of anilines is 1. The molecule has 0 bridgehead atoms. The van der Waals surface area contributed by atoms with Gasteiger partial charge in [-0.3, -0.25) is 10.1 Å². The molecule has 1 aromatic carbocycles. The van der Waals surface area contributed by atoms with Crippen molar-refractivity contribution in [3.8, 4) is 0 Å². The monoisotopic (exact) mass is 274 g/mol. The van der Waals surface area contributed by atoms with Gasteiger partial charge < -0.3 is 10.4 Å².